The van der Waals surface area contributed by atoms with E-state index >= 15 is 0 Å². The Balaban J connectivity index is 2.50. The molecule has 1 rings (SSSR count). The van der Waals surface area contributed by atoms with Gasteiger partial charge >= 0.3 is 0 Å². The molecule has 0 fully saturated rings. The second kappa shape index (κ2) is 11.8. The third-order valence-electron chi connectivity index (χ3n) is 3.48. The van der Waals surface area contributed by atoms with Crippen LogP contribution in [0.1, 0.15) is 58.4 Å². The van der Waals surface area contributed by atoms with Crippen LogP contribution in [0.2, 0.25) is 0 Å². The Kier molecular flexibility index (Phi) is 10.3. The van der Waals surface area contributed by atoms with Crippen LogP contribution in [-0.2, 0) is 6.54 Å². The molecular weight excluding hydrogens is 342 g/mol. The van der Waals surface area contributed by atoms with Gasteiger partial charge in [0, 0.05) is 11.0 Å². The lowest BCUT2D eigenvalue weighted by molar-refractivity contribution is 0.287. The maximum absolute atomic E-state index is 5.68. The van der Waals surface area contributed by atoms with Crippen molar-refractivity contribution in [3.63, 3.8) is 0 Å². The molecule has 0 bridgehead atoms. The second-order valence-corrected chi connectivity index (χ2v) is 6.20. The largest absolute Gasteiger partial charge is 0.490 e. The van der Waals surface area contributed by atoms with E-state index in [2.05, 4.69) is 34.2 Å². The van der Waals surface area contributed by atoms with Crippen LogP contribution in [0.25, 0.3) is 0 Å². The summed E-state index contributed by atoms with van der Waals surface area (Å²) in [6, 6.07) is 4.08. The molecule has 0 saturated heterocycles. The average Bonchev–Trinajstić information content (AvgIpc) is 2.50. The quantitative estimate of drug-likeness (QED) is 0.505. The van der Waals surface area contributed by atoms with Crippen molar-refractivity contribution >= 4 is 15.9 Å². The Morgan fingerprint density at radius 2 is 1.55 bits per heavy atom. The number of ether oxygens (including phenoxy) is 2. The third kappa shape index (κ3) is 7.01. The van der Waals surface area contributed by atoms with Crippen molar-refractivity contribution < 1.29 is 9.47 Å². The summed E-state index contributed by atoms with van der Waals surface area (Å²) < 4.78 is 12.4. The Labute approximate surface area is 143 Å². The van der Waals surface area contributed by atoms with Crippen molar-refractivity contribution in [2.75, 3.05) is 19.8 Å². The predicted octanol–water partition coefficient (Wildman–Crippen LogP) is 5.31. The standard InChI is InChI=1S/C18H30BrNO2/c1-4-7-8-9-10-11-20-14-15-12-17(21-5-2)18(22-6-3)13-16(15)19/h12-13,20H,4-11,14H2,1-3H3. The summed E-state index contributed by atoms with van der Waals surface area (Å²) in [7, 11) is 0. The first kappa shape index (κ1) is 19.3. The molecule has 0 unspecified atom stereocenters. The Hall–Kier alpha value is -0.740. The minimum atomic E-state index is 0.641. The van der Waals surface area contributed by atoms with Gasteiger partial charge in [0.25, 0.3) is 0 Å². The van der Waals surface area contributed by atoms with E-state index in [4.69, 9.17) is 9.47 Å². The molecule has 0 heterocycles. The van der Waals surface area contributed by atoms with Gasteiger partial charge < -0.3 is 14.8 Å². The van der Waals surface area contributed by atoms with E-state index in [1.807, 2.05) is 19.9 Å². The summed E-state index contributed by atoms with van der Waals surface area (Å²) in [5.74, 6) is 1.63. The van der Waals surface area contributed by atoms with Crippen LogP contribution >= 0.6 is 15.9 Å². The number of hydrogen-bond acceptors (Lipinski definition) is 3. The lowest BCUT2D eigenvalue weighted by atomic mass is 10.1. The summed E-state index contributed by atoms with van der Waals surface area (Å²) in [5.41, 5.74) is 1.21. The highest BCUT2D eigenvalue weighted by atomic mass is 79.9. The van der Waals surface area contributed by atoms with Crippen molar-refractivity contribution in [2.24, 2.45) is 0 Å². The molecule has 1 aromatic rings. The van der Waals surface area contributed by atoms with Crippen molar-refractivity contribution in [3.05, 3.63) is 22.2 Å². The summed E-state index contributed by atoms with van der Waals surface area (Å²) in [6.07, 6.45) is 6.55. The van der Waals surface area contributed by atoms with Gasteiger partial charge in [-0.05, 0) is 44.5 Å². The monoisotopic (exact) mass is 371 g/mol. The van der Waals surface area contributed by atoms with Gasteiger partial charge in [0.05, 0.1) is 13.2 Å². The first-order chi connectivity index (χ1) is 10.7. The number of rotatable bonds is 12. The molecule has 0 aliphatic heterocycles. The third-order valence-corrected chi connectivity index (χ3v) is 4.22. The van der Waals surface area contributed by atoms with E-state index in [0.29, 0.717) is 13.2 Å². The second-order valence-electron chi connectivity index (χ2n) is 5.35. The van der Waals surface area contributed by atoms with E-state index in [9.17, 15) is 0 Å². The zero-order valence-electron chi connectivity index (χ0n) is 14.2. The van der Waals surface area contributed by atoms with Crippen molar-refractivity contribution in [1.82, 2.24) is 5.32 Å². The van der Waals surface area contributed by atoms with E-state index in [-0.39, 0.29) is 0 Å². The van der Waals surface area contributed by atoms with Gasteiger partial charge in [0.1, 0.15) is 0 Å². The molecule has 0 spiro atoms. The Bertz CT molecular complexity index is 424. The van der Waals surface area contributed by atoms with Crippen LogP contribution in [0.15, 0.2) is 16.6 Å². The molecule has 3 nitrogen and oxygen atoms in total. The zero-order chi connectivity index (χ0) is 16.2. The molecule has 0 aliphatic rings. The molecule has 22 heavy (non-hydrogen) atoms. The van der Waals surface area contributed by atoms with Crippen molar-refractivity contribution in [3.8, 4) is 11.5 Å². The lowest BCUT2D eigenvalue weighted by Crippen LogP contribution is -2.15. The van der Waals surface area contributed by atoms with Crippen LogP contribution < -0.4 is 14.8 Å². The molecule has 1 N–H and O–H groups in total. The Morgan fingerprint density at radius 1 is 0.909 bits per heavy atom. The van der Waals surface area contributed by atoms with Gasteiger partial charge in [-0.2, -0.15) is 0 Å². The van der Waals surface area contributed by atoms with Gasteiger partial charge in [0.15, 0.2) is 11.5 Å². The van der Waals surface area contributed by atoms with Gasteiger partial charge in [-0.15, -0.1) is 0 Å². The summed E-state index contributed by atoms with van der Waals surface area (Å²) in [5, 5.41) is 3.51. The minimum Gasteiger partial charge on any atom is -0.490 e. The molecule has 0 atom stereocenters. The van der Waals surface area contributed by atoms with Crippen LogP contribution in [0.4, 0.5) is 0 Å². The maximum Gasteiger partial charge on any atom is 0.162 e. The van der Waals surface area contributed by atoms with Crippen molar-refractivity contribution in [1.29, 1.82) is 0 Å². The van der Waals surface area contributed by atoms with E-state index in [0.717, 1.165) is 29.1 Å². The normalized spacial score (nSPS) is 10.7. The fourth-order valence-electron chi connectivity index (χ4n) is 2.33. The molecule has 0 radical (unpaired) electrons. The minimum absolute atomic E-state index is 0.641. The van der Waals surface area contributed by atoms with Crippen molar-refractivity contribution in [2.45, 2.75) is 59.4 Å². The first-order valence-electron chi connectivity index (χ1n) is 8.51. The summed E-state index contributed by atoms with van der Waals surface area (Å²) in [6.45, 7) is 9.42. The molecule has 1 aromatic carbocycles. The van der Waals surface area contributed by atoms with Gasteiger partial charge in [0.2, 0.25) is 0 Å². The van der Waals surface area contributed by atoms with Gasteiger partial charge in [-0.1, -0.05) is 48.5 Å². The highest BCUT2D eigenvalue weighted by molar-refractivity contribution is 9.10. The summed E-state index contributed by atoms with van der Waals surface area (Å²) in [4.78, 5) is 0. The van der Waals surface area contributed by atoms with Gasteiger partial charge in [-0.25, -0.2) is 0 Å². The molecule has 0 aromatic heterocycles. The topological polar surface area (TPSA) is 30.5 Å². The SMILES string of the molecule is CCCCCCCNCc1cc(OCC)c(OCC)cc1Br. The number of benzene rings is 1. The smallest absolute Gasteiger partial charge is 0.162 e. The number of halogens is 1. The first-order valence-corrected chi connectivity index (χ1v) is 9.30. The van der Waals surface area contributed by atoms with Crippen LogP contribution in [0.3, 0.4) is 0 Å². The van der Waals surface area contributed by atoms with Crippen LogP contribution in [0.5, 0.6) is 11.5 Å². The number of hydrogen-bond donors (Lipinski definition) is 1. The molecule has 4 heteroatoms. The zero-order valence-corrected chi connectivity index (χ0v) is 15.8. The number of nitrogens with one attached hydrogen (secondary N) is 1. The fourth-order valence-corrected chi connectivity index (χ4v) is 2.79. The predicted molar refractivity (Wildman–Crippen MR) is 96.9 cm³/mol. The molecule has 0 saturated carbocycles. The van der Waals surface area contributed by atoms with E-state index in [1.165, 1.54) is 37.7 Å². The Morgan fingerprint density at radius 3 is 2.18 bits per heavy atom. The highest BCUT2D eigenvalue weighted by Gasteiger charge is 2.10. The maximum atomic E-state index is 5.68. The molecule has 0 amide bonds. The lowest BCUT2D eigenvalue weighted by Gasteiger charge is -2.14. The van der Waals surface area contributed by atoms with Crippen LogP contribution in [-0.4, -0.2) is 19.8 Å². The van der Waals surface area contributed by atoms with Gasteiger partial charge in [-0.3, -0.25) is 0 Å². The van der Waals surface area contributed by atoms with E-state index < -0.39 is 0 Å². The average molecular weight is 372 g/mol. The van der Waals surface area contributed by atoms with Crippen LogP contribution in [0, 0.1) is 0 Å². The molecule has 126 valence electrons. The molecule has 0 aliphatic carbocycles. The van der Waals surface area contributed by atoms with E-state index in [1.54, 1.807) is 0 Å². The molecular formula is C18H30BrNO2. The summed E-state index contributed by atoms with van der Waals surface area (Å²) >= 11 is 3.63. The number of unbranched alkanes of at least 4 members (excludes halogenated alkanes) is 4. The fraction of sp³-hybridized carbons (Fsp3) is 0.667. The highest BCUT2D eigenvalue weighted by Crippen LogP contribution is 2.33.